The lowest BCUT2D eigenvalue weighted by atomic mass is 10.3. The molecule has 11 heavy (non-hydrogen) atoms. The zero-order valence-corrected chi connectivity index (χ0v) is 7.40. The van der Waals surface area contributed by atoms with Gasteiger partial charge in [0.25, 0.3) is 0 Å². The van der Waals surface area contributed by atoms with E-state index in [2.05, 4.69) is 17.5 Å². The molecule has 60 valence electrons. The first-order valence-electron chi connectivity index (χ1n) is 3.75. The van der Waals surface area contributed by atoms with Gasteiger partial charge < -0.3 is 0 Å². The van der Waals surface area contributed by atoms with E-state index in [9.17, 15) is 0 Å². The summed E-state index contributed by atoms with van der Waals surface area (Å²) >= 11 is 1.83. The van der Waals surface area contributed by atoms with Crippen LogP contribution >= 0.6 is 11.8 Å². The maximum Gasteiger partial charge on any atom is 0.105 e. The molecule has 1 aliphatic heterocycles. The molecule has 1 saturated heterocycles. The van der Waals surface area contributed by atoms with Crippen molar-refractivity contribution in [2.24, 2.45) is 0 Å². The standard InChI is InChI=1S/C8H12N2S/c1-2-3-4-8-10-7(5-9)6-11-8/h2-3,7-8,10H,4,6H2,1H3. The van der Waals surface area contributed by atoms with Crippen LogP contribution < -0.4 is 5.32 Å². The molecule has 2 atom stereocenters. The van der Waals surface area contributed by atoms with Gasteiger partial charge in [-0.25, -0.2) is 0 Å². The summed E-state index contributed by atoms with van der Waals surface area (Å²) in [5, 5.41) is 12.2. The Labute approximate surface area is 71.7 Å². The Morgan fingerprint density at radius 2 is 2.64 bits per heavy atom. The third kappa shape index (κ3) is 2.57. The highest BCUT2D eigenvalue weighted by Gasteiger charge is 2.22. The second-order valence-electron chi connectivity index (χ2n) is 2.48. The van der Waals surface area contributed by atoms with Gasteiger partial charge in [0, 0.05) is 5.75 Å². The average molecular weight is 168 g/mol. The summed E-state index contributed by atoms with van der Waals surface area (Å²) in [6.07, 6.45) is 5.20. The lowest BCUT2D eigenvalue weighted by Crippen LogP contribution is -2.27. The molecule has 2 unspecified atom stereocenters. The van der Waals surface area contributed by atoms with Crippen molar-refractivity contribution in [1.82, 2.24) is 5.32 Å². The molecule has 1 N–H and O–H groups in total. The van der Waals surface area contributed by atoms with Crippen LogP contribution in [-0.2, 0) is 0 Å². The molecule has 0 aromatic carbocycles. The van der Waals surface area contributed by atoms with E-state index in [0.29, 0.717) is 5.37 Å². The topological polar surface area (TPSA) is 35.8 Å². The van der Waals surface area contributed by atoms with E-state index in [-0.39, 0.29) is 6.04 Å². The molecule has 0 amide bonds. The minimum absolute atomic E-state index is 0.0651. The van der Waals surface area contributed by atoms with Crippen molar-refractivity contribution >= 4 is 11.8 Å². The first kappa shape index (κ1) is 8.63. The van der Waals surface area contributed by atoms with Crippen molar-refractivity contribution in [3.05, 3.63) is 12.2 Å². The van der Waals surface area contributed by atoms with Crippen LogP contribution in [0.2, 0.25) is 0 Å². The van der Waals surface area contributed by atoms with Crippen LogP contribution in [0, 0.1) is 11.3 Å². The zero-order valence-electron chi connectivity index (χ0n) is 6.58. The van der Waals surface area contributed by atoms with E-state index in [1.807, 2.05) is 24.8 Å². The molecule has 0 spiro atoms. The Balaban J connectivity index is 2.26. The maximum atomic E-state index is 8.57. The van der Waals surface area contributed by atoms with Gasteiger partial charge in [-0.3, -0.25) is 5.32 Å². The summed E-state index contributed by atoms with van der Waals surface area (Å²) in [5.74, 6) is 0.929. The summed E-state index contributed by atoms with van der Waals surface area (Å²) in [6.45, 7) is 2.02. The van der Waals surface area contributed by atoms with Gasteiger partial charge in [0.05, 0.1) is 11.4 Å². The Bertz CT molecular complexity index is 183. The number of allylic oxidation sites excluding steroid dienone is 1. The highest BCUT2D eigenvalue weighted by atomic mass is 32.2. The summed E-state index contributed by atoms with van der Waals surface area (Å²) in [5.41, 5.74) is 0. The molecule has 0 aromatic rings. The number of nitrogens with zero attached hydrogens (tertiary/aromatic N) is 1. The molecular weight excluding hydrogens is 156 g/mol. The van der Waals surface area contributed by atoms with Gasteiger partial charge in [-0.15, -0.1) is 11.8 Å². The van der Waals surface area contributed by atoms with Crippen LogP contribution in [0.4, 0.5) is 0 Å². The quantitative estimate of drug-likeness (QED) is 0.635. The highest BCUT2D eigenvalue weighted by molar-refractivity contribution is 8.00. The van der Waals surface area contributed by atoms with E-state index in [1.54, 1.807) is 0 Å². The van der Waals surface area contributed by atoms with Gasteiger partial charge in [-0.2, -0.15) is 5.26 Å². The summed E-state index contributed by atoms with van der Waals surface area (Å²) < 4.78 is 0. The van der Waals surface area contributed by atoms with Crippen LogP contribution in [0.15, 0.2) is 12.2 Å². The van der Waals surface area contributed by atoms with Crippen molar-refractivity contribution in [2.45, 2.75) is 24.8 Å². The summed E-state index contributed by atoms with van der Waals surface area (Å²) in [6, 6.07) is 2.28. The predicted molar refractivity (Wildman–Crippen MR) is 48.2 cm³/mol. The molecule has 1 rings (SSSR count). The molecule has 0 aliphatic carbocycles. The maximum absolute atomic E-state index is 8.57. The van der Waals surface area contributed by atoms with Crippen LogP contribution in [-0.4, -0.2) is 17.2 Å². The van der Waals surface area contributed by atoms with Gasteiger partial charge in [-0.05, 0) is 13.3 Å². The molecular formula is C8H12N2S. The van der Waals surface area contributed by atoms with Crippen molar-refractivity contribution in [3.8, 4) is 6.07 Å². The fraction of sp³-hybridized carbons (Fsp3) is 0.625. The van der Waals surface area contributed by atoms with Gasteiger partial charge in [0.15, 0.2) is 0 Å². The Morgan fingerprint density at radius 3 is 3.18 bits per heavy atom. The zero-order chi connectivity index (χ0) is 8.10. The Morgan fingerprint density at radius 1 is 1.82 bits per heavy atom. The summed E-state index contributed by atoms with van der Waals surface area (Å²) in [4.78, 5) is 0. The van der Waals surface area contributed by atoms with E-state index < -0.39 is 0 Å². The second-order valence-corrected chi connectivity index (χ2v) is 3.71. The van der Waals surface area contributed by atoms with Gasteiger partial charge in [0.1, 0.15) is 6.04 Å². The van der Waals surface area contributed by atoms with Crippen molar-refractivity contribution < 1.29 is 0 Å². The van der Waals surface area contributed by atoms with Gasteiger partial charge in [-0.1, -0.05) is 12.2 Å². The molecule has 0 bridgehead atoms. The predicted octanol–water partition coefficient (Wildman–Crippen LogP) is 1.51. The molecule has 0 radical (unpaired) electrons. The first-order chi connectivity index (χ1) is 5.36. The lowest BCUT2D eigenvalue weighted by molar-refractivity contribution is 0.651. The Kier molecular flexibility index (Phi) is 3.47. The van der Waals surface area contributed by atoms with Crippen LogP contribution in [0.3, 0.4) is 0 Å². The van der Waals surface area contributed by atoms with Crippen LogP contribution in [0.25, 0.3) is 0 Å². The van der Waals surface area contributed by atoms with Gasteiger partial charge in [0.2, 0.25) is 0 Å². The van der Waals surface area contributed by atoms with E-state index in [4.69, 9.17) is 5.26 Å². The van der Waals surface area contributed by atoms with E-state index >= 15 is 0 Å². The minimum Gasteiger partial charge on any atom is -0.289 e. The fourth-order valence-corrected chi connectivity index (χ4v) is 2.11. The lowest BCUT2D eigenvalue weighted by Gasteiger charge is -2.04. The fourth-order valence-electron chi connectivity index (χ4n) is 1.00. The average Bonchev–Trinajstić information content (AvgIpc) is 2.48. The molecule has 2 nitrogen and oxygen atoms in total. The molecule has 1 fully saturated rings. The van der Waals surface area contributed by atoms with E-state index in [0.717, 1.165) is 12.2 Å². The first-order valence-corrected chi connectivity index (χ1v) is 4.80. The van der Waals surface area contributed by atoms with Crippen molar-refractivity contribution in [1.29, 1.82) is 5.26 Å². The SMILES string of the molecule is CC=CCC1NC(C#N)CS1. The molecule has 0 aromatic heterocycles. The minimum atomic E-state index is 0.0651. The number of hydrogen-bond donors (Lipinski definition) is 1. The number of nitriles is 1. The molecule has 1 aliphatic rings. The van der Waals surface area contributed by atoms with Crippen molar-refractivity contribution in [2.75, 3.05) is 5.75 Å². The summed E-state index contributed by atoms with van der Waals surface area (Å²) in [7, 11) is 0. The number of hydrogen-bond acceptors (Lipinski definition) is 3. The third-order valence-corrected chi connectivity index (χ3v) is 2.85. The third-order valence-electron chi connectivity index (χ3n) is 1.59. The smallest absolute Gasteiger partial charge is 0.105 e. The largest absolute Gasteiger partial charge is 0.289 e. The Hall–Kier alpha value is -0.460. The van der Waals surface area contributed by atoms with Crippen LogP contribution in [0.5, 0.6) is 0 Å². The number of thioether (sulfide) groups is 1. The monoisotopic (exact) mass is 168 g/mol. The molecule has 0 saturated carbocycles. The normalized spacial score (nSPS) is 30.9. The second kappa shape index (κ2) is 4.42. The highest BCUT2D eigenvalue weighted by Crippen LogP contribution is 2.20. The number of rotatable bonds is 2. The molecule has 1 heterocycles. The van der Waals surface area contributed by atoms with Crippen molar-refractivity contribution in [3.63, 3.8) is 0 Å². The number of nitrogens with one attached hydrogen (secondary N) is 1. The molecule has 3 heteroatoms. The van der Waals surface area contributed by atoms with E-state index in [1.165, 1.54) is 0 Å². The van der Waals surface area contributed by atoms with Gasteiger partial charge >= 0.3 is 0 Å². The van der Waals surface area contributed by atoms with Crippen LogP contribution in [0.1, 0.15) is 13.3 Å².